The Bertz CT molecular complexity index is 725. The van der Waals surface area contributed by atoms with E-state index in [4.69, 9.17) is 34.7 Å². The molecule has 0 aromatic carbocycles. The summed E-state index contributed by atoms with van der Waals surface area (Å²) in [6, 6.07) is 0. The topological polar surface area (TPSA) is 52.6 Å². The average Bonchev–Trinajstić information content (AvgIpc) is 3.02. The predicted octanol–water partition coefficient (Wildman–Crippen LogP) is 12.4. The molecule has 0 rings (SSSR count). The number of carbonyl (C=O) groups excluding carboxylic acids is 2. The van der Waals surface area contributed by atoms with Crippen molar-refractivity contribution in [1.29, 1.82) is 0 Å². The fourth-order valence-corrected chi connectivity index (χ4v) is 13.7. The quantitative estimate of drug-likeness (QED) is 0.0294. The van der Waals surface area contributed by atoms with Crippen molar-refractivity contribution in [3.8, 4) is 0 Å². The molecule has 278 valence electrons. The van der Waals surface area contributed by atoms with Crippen molar-refractivity contribution in [3.05, 3.63) is 0 Å². The van der Waals surface area contributed by atoms with Crippen LogP contribution in [-0.4, -0.2) is 52.8 Å². The Morgan fingerprint density at radius 1 is 0.574 bits per heavy atom. The molecule has 2 radical (unpaired) electrons. The third-order valence-electron chi connectivity index (χ3n) is 9.44. The van der Waals surface area contributed by atoms with Crippen LogP contribution in [0.4, 0.5) is 0 Å². The minimum absolute atomic E-state index is 0.0231. The normalized spacial score (nSPS) is 13.3. The summed E-state index contributed by atoms with van der Waals surface area (Å²) in [5.41, 5.74) is -0.559. The Morgan fingerprint density at radius 3 is 1.36 bits per heavy atom. The van der Waals surface area contributed by atoms with Crippen molar-refractivity contribution in [2.24, 2.45) is 17.3 Å². The number of ether oxygens (including phenoxy) is 2. The molecule has 2 atom stereocenters. The van der Waals surface area contributed by atoms with Crippen LogP contribution in [0.25, 0.3) is 0 Å². The monoisotopic (exact) mass is 806 g/mol. The van der Waals surface area contributed by atoms with Crippen LogP contribution in [0.5, 0.6) is 0 Å². The third-order valence-corrected chi connectivity index (χ3v) is 16.3. The van der Waals surface area contributed by atoms with Gasteiger partial charge in [0.25, 0.3) is 0 Å². The summed E-state index contributed by atoms with van der Waals surface area (Å²) in [4.78, 5) is 26.4. The summed E-state index contributed by atoms with van der Waals surface area (Å²) < 4.78 is 11.5. The van der Waals surface area contributed by atoms with E-state index < -0.39 is 26.6 Å². The van der Waals surface area contributed by atoms with Gasteiger partial charge in [-0.25, -0.2) is 0 Å². The molecule has 0 amide bonds. The smallest absolute Gasteiger partial charge is 0.0628 e. The second-order valence-corrected chi connectivity index (χ2v) is 23.5. The molecule has 0 saturated heterocycles. The van der Waals surface area contributed by atoms with Gasteiger partial charge in [0.05, 0.1) is 0 Å². The van der Waals surface area contributed by atoms with E-state index in [0.717, 1.165) is 76.0 Å². The van der Waals surface area contributed by atoms with Gasteiger partial charge in [-0.2, -0.15) is 0 Å². The van der Waals surface area contributed by atoms with E-state index in [1.54, 1.807) is 0 Å². The van der Waals surface area contributed by atoms with Crippen LogP contribution >= 0.6 is 25.3 Å². The number of hydrogen-bond acceptors (Lipinski definition) is 6. The second kappa shape index (κ2) is 32.4. The number of carbonyl (C=O) groups is 2. The molecule has 7 heteroatoms. The third kappa shape index (κ3) is 26.9. The first kappa shape index (κ1) is 47.4. The van der Waals surface area contributed by atoms with Gasteiger partial charge < -0.3 is 0 Å². The van der Waals surface area contributed by atoms with Crippen molar-refractivity contribution in [1.82, 2.24) is 0 Å². The van der Waals surface area contributed by atoms with E-state index in [2.05, 4.69) is 41.5 Å². The summed E-state index contributed by atoms with van der Waals surface area (Å²) in [5, 5.41) is 0. The van der Waals surface area contributed by atoms with E-state index in [9.17, 15) is 9.59 Å². The van der Waals surface area contributed by atoms with Gasteiger partial charge in [0.2, 0.25) is 0 Å². The van der Waals surface area contributed by atoms with Gasteiger partial charge in [0.15, 0.2) is 0 Å². The molecule has 0 bridgehead atoms. The van der Waals surface area contributed by atoms with Crippen LogP contribution in [-0.2, 0) is 19.1 Å². The van der Waals surface area contributed by atoms with Gasteiger partial charge in [0.1, 0.15) is 0 Å². The van der Waals surface area contributed by atoms with E-state index in [0.29, 0.717) is 19.6 Å². The average molecular weight is 806 g/mol. The Balaban J connectivity index is 4.56. The Hall–Kier alpha value is 0.439. The molecular formula is C40H78O4S2Sn. The molecule has 0 aromatic rings. The van der Waals surface area contributed by atoms with Gasteiger partial charge in [-0.3, -0.25) is 0 Å². The maximum atomic E-state index is 13.8. The molecule has 0 aliphatic heterocycles. The van der Waals surface area contributed by atoms with Crippen LogP contribution in [0.2, 0.25) is 0 Å². The van der Waals surface area contributed by atoms with Crippen molar-refractivity contribution in [2.45, 2.75) is 209 Å². The number of thiol groups is 2. The summed E-state index contributed by atoms with van der Waals surface area (Å²) >= 11 is 8.66. The zero-order chi connectivity index (χ0) is 35.2. The molecule has 0 aromatic heterocycles. The zero-order valence-electron chi connectivity index (χ0n) is 31.9. The van der Waals surface area contributed by atoms with Gasteiger partial charge in [-0.15, -0.1) is 0 Å². The first-order valence-electron chi connectivity index (χ1n) is 20.0. The first-order chi connectivity index (χ1) is 22.6. The van der Waals surface area contributed by atoms with E-state index in [1.165, 1.54) is 89.9 Å². The molecule has 0 saturated carbocycles. The van der Waals surface area contributed by atoms with Crippen molar-refractivity contribution < 1.29 is 19.1 Å². The molecule has 0 spiro atoms. The number of hydrogen-bond donors (Lipinski definition) is 2. The Labute approximate surface area is 314 Å². The Kier molecular flexibility index (Phi) is 32.7. The summed E-state index contributed by atoms with van der Waals surface area (Å²) in [5.74, 6) is 1.43. The summed E-state index contributed by atoms with van der Waals surface area (Å²) in [6.45, 7) is 14.6. The molecule has 47 heavy (non-hydrogen) atoms. The molecule has 0 fully saturated rings. The molecule has 4 nitrogen and oxygen atoms in total. The molecule has 0 aliphatic rings. The predicted molar refractivity (Wildman–Crippen MR) is 212 cm³/mol. The minimum Gasteiger partial charge on any atom is -0.0628 e. The standard InChI is InChI=1S/C24H47O2S.C16H31O2S.Sn/c1-5-7-18-24(21-27,19-8-6-2)23(25)26-20-16-14-12-10-9-11-13-15-17-22(3)4;1-15(2)11-9-7-5-3-4-6-8-10-13-18-16(17)12-14-19;/h21-22,27H,5-20H2,1-4H3;14-15,19H,3-13H2,1-2H3;. The van der Waals surface area contributed by atoms with Crippen LogP contribution in [0.15, 0.2) is 0 Å². The zero-order valence-corrected chi connectivity index (χ0v) is 36.6. The molecule has 0 aliphatic carbocycles. The van der Waals surface area contributed by atoms with E-state index in [1.807, 2.05) is 0 Å². The summed E-state index contributed by atoms with van der Waals surface area (Å²) in [6.07, 6.45) is 28.6. The van der Waals surface area contributed by atoms with Crippen LogP contribution < -0.4 is 0 Å². The van der Waals surface area contributed by atoms with Crippen LogP contribution in [0.1, 0.15) is 202 Å². The molecule has 0 heterocycles. The van der Waals surface area contributed by atoms with Crippen molar-refractivity contribution >= 4 is 58.3 Å². The first-order valence-corrected chi connectivity index (χ1v) is 24.4. The van der Waals surface area contributed by atoms with Crippen molar-refractivity contribution in [2.75, 3.05) is 13.2 Å². The SMILES string of the molecule is CCCCC(CCCC)(C(=O)OCCCCCCCCCCC(C)C)[CH](S)[Sn][CH](S)CC(=O)OCCCCCCCCCCC(C)C. The van der Waals surface area contributed by atoms with E-state index >= 15 is 0 Å². The number of unbranched alkanes of at least 4 members (excludes halogenated alkanes) is 16. The van der Waals surface area contributed by atoms with Crippen LogP contribution in [0.3, 0.4) is 0 Å². The van der Waals surface area contributed by atoms with Gasteiger partial charge in [-0.05, 0) is 11.8 Å². The second-order valence-electron chi connectivity index (χ2n) is 15.0. The van der Waals surface area contributed by atoms with Gasteiger partial charge >= 0.3 is 251 Å². The maximum absolute atomic E-state index is 13.8. The fourth-order valence-electron chi connectivity index (χ4n) is 6.24. The van der Waals surface area contributed by atoms with Gasteiger partial charge in [-0.1, -0.05) is 53.4 Å². The van der Waals surface area contributed by atoms with Crippen molar-refractivity contribution in [3.63, 3.8) is 0 Å². The minimum atomic E-state index is -1.31. The number of rotatable bonds is 34. The number of esters is 2. The Morgan fingerprint density at radius 2 is 0.957 bits per heavy atom. The molecule has 0 N–H and O–H groups in total. The molecule has 2 unspecified atom stereocenters. The molecular weight excluding hydrogens is 727 g/mol. The summed E-state index contributed by atoms with van der Waals surface area (Å²) in [7, 11) is 0. The van der Waals surface area contributed by atoms with Crippen LogP contribution in [0, 0.1) is 17.3 Å². The van der Waals surface area contributed by atoms with Gasteiger partial charge in [0, 0.05) is 0 Å². The fraction of sp³-hybridized carbons (Fsp3) is 0.950. The van der Waals surface area contributed by atoms with E-state index in [-0.39, 0.29) is 18.5 Å².